The fourth-order valence-corrected chi connectivity index (χ4v) is 10.3. The summed E-state index contributed by atoms with van der Waals surface area (Å²) in [6.45, 7) is 18.5. The maximum atomic E-state index is 5.67. The largest absolute Gasteiger partial charge is 0.368 e. The van der Waals surface area contributed by atoms with E-state index in [1.165, 1.54) is 51.0 Å². The van der Waals surface area contributed by atoms with Gasteiger partial charge in [0.15, 0.2) is 0 Å². The lowest BCUT2D eigenvalue weighted by Crippen LogP contribution is -2.30. The van der Waals surface area contributed by atoms with E-state index in [1.54, 1.807) is 22.7 Å². The average Bonchev–Trinajstić information content (AvgIpc) is 3.87. The molecular weight excluding hydrogens is 931 g/mol. The van der Waals surface area contributed by atoms with Crippen LogP contribution < -0.4 is 15.1 Å². The van der Waals surface area contributed by atoms with Gasteiger partial charge in [-0.05, 0) is 78.7 Å². The van der Waals surface area contributed by atoms with Gasteiger partial charge in [-0.1, -0.05) is 100 Å². The summed E-state index contributed by atoms with van der Waals surface area (Å²) in [5.74, 6) is 1.54. The van der Waals surface area contributed by atoms with Gasteiger partial charge in [-0.15, -0.1) is 59.1 Å². The van der Waals surface area contributed by atoms with E-state index in [2.05, 4.69) is 142 Å². The Hall–Kier alpha value is -4.65. The van der Waals surface area contributed by atoms with Crippen molar-refractivity contribution >= 4 is 92.3 Å². The van der Waals surface area contributed by atoms with Crippen LogP contribution in [0.1, 0.15) is 74.9 Å². The van der Waals surface area contributed by atoms with E-state index in [0.717, 1.165) is 97.6 Å². The Bertz CT molecular complexity index is 2720. The molecule has 0 aliphatic carbocycles. The normalized spacial score (nSPS) is 14.3. The summed E-state index contributed by atoms with van der Waals surface area (Å²) >= 11 is 9.05. The van der Waals surface area contributed by atoms with Crippen LogP contribution in [0.3, 0.4) is 0 Å². The molecule has 352 valence electrons. The number of thiazole rings is 2. The molecule has 67 heavy (non-hydrogen) atoms. The van der Waals surface area contributed by atoms with Gasteiger partial charge in [0.2, 0.25) is 0 Å². The predicted octanol–water partition coefficient (Wildman–Crippen LogP) is 13.7. The fraction of sp³-hybridized carbons (Fsp3) is 0.333. The molecule has 8 aromatic rings. The van der Waals surface area contributed by atoms with E-state index < -0.39 is 0 Å². The zero-order valence-electron chi connectivity index (χ0n) is 39.0. The molecule has 13 heteroatoms. The number of benzene rings is 4. The lowest BCUT2D eigenvalue weighted by Gasteiger charge is -2.25. The lowest BCUT2D eigenvalue weighted by atomic mass is 9.99. The number of halogens is 3. The zero-order valence-corrected chi connectivity index (χ0v) is 43.0. The van der Waals surface area contributed by atoms with Gasteiger partial charge in [-0.2, -0.15) is 0 Å². The monoisotopic (exact) mass is 992 g/mol. The van der Waals surface area contributed by atoms with Gasteiger partial charge in [-0.25, -0.2) is 9.97 Å². The van der Waals surface area contributed by atoms with Gasteiger partial charge in [0.25, 0.3) is 0 Å². The van der Waals surface area contributed by atoms with Crippen LogP contribution in [-0.4, -0.2) is 77.2 Å². The molecule has 0 saturated carbocycles. The molecule has 0 atom stereocenters. The summed E-state index contributed by atoms with van der Waals surface area (Å²) in [5.41, 5.74) is 12.1. The van der Waals surface area contributed by atoms with Gasteiger partial charge in [-0.3, -0.25) is 14.9 Å². The van der Waals surface area contributed by atoms with E-state index in [4.69, 9.17) is 21.6 Å². The van der Waals surface area contributed by atoms with Crippen molar-refractivity contribution in [3.63, 3.8) is 0 Å². The van der Waals surface area contributed by atoms with Crippen LogP contribution in [0.25, 0.3) is 42.9 Å². The Balaban J connectivity index is 0.000000181. The Morgan fingerprint density at radius 1 is 0.567 bits per heavy atom. The van der Waals surface area contributed by atoms with Gasteiger partial charge >= 0.3 is 0 Å². The van der Waals surface area contributed by atoms with E-state index in [-0.39, 0.29) is 24.8 Å². The first-order chi connectivity index (χ1) is 31.8. The topological polar surface area (TPSA) is 73.3 Å². The number of rotatable bonds is 9. The summed E-state index contributed by atoms with van der Waals surface area (Å²) < 4.78 is 0. The van der Waals surface area contributed by atoms with Crippen molar-refractivity contribution in [3.05, 3.63) is 155 Å². The standard InChI is InChI=1S/C27H30N4S.C17H23N3.C10H8ClNS.2ClH/c1-20(2)23-16-22-10-6-11-28-26(22)25(17-23)31-13-7-12-30(14-15-31)18-24-19-32-27(29-24)21-8-4-3-5-9-21;1-13(2)15-11-14-5-3-7-19-17(14)16(12-15)20-9-4-6-18-8-10-20;11-6-9-7-13-10(12-9)8-4-2-1-3-5-8;;/h3-6,8-11,16-17,19-20H,7,12-15,18H2,1-2H3;3,5,7,11-13,18H,4,6,8-10H2,1-2H3;1-5,7H,6H2;2*1H. The fourth-order valence-electron chi connectivity index (χ4n) is 8.40. The predicted molar refractivity (Wildman–Crippen MR) is 293 cm³/mol. The summed E-state index contributed by atoms with van der Waals surface area (Å²) in [6, 6.07) is 38.3. The molecule has 0 radical (unpaired) electrons. The van der Waals surface area contributed by atoms with Crippen molar-refractivity contribution in [1.82, 2.24) is 30.2 Å². The SMILES string of the molecule is CC(C)c1cc(N2CCCN(Cc3csc(-c4ccccc4)n3)CC2)c2ncccc2c1.CC(C)c1cc(N2CCCNCC2)c2ncccc2c1.Cl.Cl.ClCc1csc(-c2ccccc2)n1. The minimum absolute atomic E-state index is 0. The Labute approximate surface area is 422 Å². The number of pyridine rings is 2. The number of hydrogen-bond acceptors (Lipinski definition) is 10. The Morgan fingerprint density at radius 3 is 1.63 bits per heavy atom. The summed E-state index contributed by atoms with van der Waals surface area (Å²) in [6.07, 6.45) is 6.16. The van der Waals surface area contributed by atoms with E-state index in [9.17, 15) is 0 Å². The molecule has 2 aliphatic rings. The Kier molecular flexibility index (Phi) is 19.8. The molecule has 1 N–H and O–H groups in total. The van der Waals surface area contributed by atoms with Gasteiger partial charge in [0.1, 0.15) is 10.0 Å². The third-order valence-corrected chi connectivity index (χ3v) is 14.2. The second-order valence-electron chi connectivity index (χ2n) is 17.4. The molecule has 8 nitrogen and oxygen atoms in total. The number of hydrogen-bond donors (Lipinski definition) is 1. The molecule has 10 rings (SSSR count). The number of fused-ring (bicyclic) bond motifs is 2. The number of nitrogens with one attached hydrogen (secondary N) is 1. The Morgan fingerprint density at radius 2 is 1.09 bits per heavy atom. The quantitative estimate of drug-likeness (QED) is 0.143. The highest BCUT2D eigenvalue weighted by molar-refractivity contribution is 7.13. The zero-order chi connectivity index (χ0) is 45.0. The van der Waals surface area contributed by atoms with Gasteiger partial charge < -0.3 is 15.1 Å². The average molecular weight is 995 g/mol. The van der Waals surface area contributed by atoms with Crippen LogP contribution in [0.4, 0.5) is 11.4 Å². The lowest BCUT2D eigenvalue weighted by molar-refractivity contribution is 0.282. The molecule has 0 spiro atoms. The van der Waals surface area contributed by atoms with E-state index in [1.807, 2.05) is 48.1 Å². The van der Waals surface area contributed by atoms with Crippen LogP contribution in [0, 0.1) is 0 Å². The van der Waals surface area contributed by atoms with Crippen LogP contribution in [0.15, 0.2) is 132 Å². The molecular formula is C54H63Cl3N8S2. The number of aromatic nitrogens is 4. The third kappa shape index (κ3) is 13.8. The number of nitrogens with zero attached hydrogens (tertiary/aromatic N) is 7. The summed E-state index contributed by atoms with van der Waals surface area (Å²) in [7, 11) is 0. The molecule has 0 amide bonds. The van der Waals surface area contributed by atoms with Crippen molar-refractivity contribution in [2.75, 3.05) is 62.2 Å². The third-order valence-electron chi connectivity index (χ3n) is 12.0. The summed E-state index contributed by atoms with van der Waals surface area (Å²) in [5, 5.41) is 12.3. The maximum absolute atomic E-state index is 5.67. The number of anilines is 2. The van der Waals surface area contributed by atoms with Crippen molar-refractivity contribution in [2.45, 2.75) is 64.8 Å². The highest BCUT2D eigenvalue weighted by Crippen LogP contribution is 2.33. The smallest absolute Gasteiger partial charge is 0.123 e. The highest BCUT2D eigenvalue weighted by atomic mass is 35.5. The second kappa shape index (κ2) is 25.6. The van der Waals surface area contributed by atoms with E-state index in [0.29, 0.717) is 17.7 Å². The highest BCUT2D eigenvalue weighted by Gasteiger charge is 2.20. The molecule has 6 heterocycles. The van der Waals surface area contributed by atoms with Gasteiger partial charge in [0.05, 0.1) is 39.7 Å². The first kappa shape index (κ1) is 51.7. The molecule has 0 bridgehead atoms. The summed E-state index contributed by atoms with van der Waals surface area (Å²) in [4.78, 5) is 26.2. The van der Waals surface area contributed by atoms with Crippen molar-refractivity contribution in [2.24, 2.45) is 0 Å². The first-order valence-electron chi connectivity index (χ1n) is 23.1. The molecule has 4 aromatic heterocycles. The molecule has 2 aliphatic heterocycles. The van der Waals surface area contributed by atoms with Crippen molar-refractivity contribution in [1.29, 1.82) is 0 Å². The van der Waals surface area contributed by atoms with Gasteiger partial charge in [0, 0.05) is 97.4 Å². The van der Waals surface area contributed by atoms with Crippen molar-refractivity contribution < 1.29 is 0 Å². The minimum Gasteiger partial charge on any atom is -0.368 e. The van der Waals surface area contributed by atoms with Crippen LogP contribution in [0.5, 0.6) is 0 Å². The minimum atomic E-state index is 0. The second-order valence-corrected chi connectivity index (χ2v) is 19.4. The van der Waals surface area contributed by atoms with Crippen LogP contribution in [-0.2, 0) is 12.4 Å². The van der Waals surface area contributed by atoms with Crippen molar-refractivity contribution in [3.8, 4) is 21.1 Å². The number of alkyl halides is 1. The molecule has 4 aromatic carbocycles. The van der Waals surface area contributed by atoms with E-state index >= 15 is 0 Å². The molecule has 2 fully saturated rings. The first-order valence-corrected chi connectivity index (χ1v) is 25.4. The van der Waals surface area contributed by atoms with Crippen LogP contribution >= 0.6 is 59.1 Å². The maximum Gasteiger partial charge on any atom is 0.123 e. The molecule has 0 unspecified atom stereocenters. The van der Waals surface area contributed by atoms with Crippen LogP contribution in [0.2, 0.25) is 0 Å². The molecule has 2 saturated heterocycles.